The molecule has 1 atom stereocenters. The minimum absolute atomic E-state index is 0.137. The Hall–Kier alpha value is -2.36. The highest BCUT2D eigenvalue weighted by molar-refractivity contribution is 5.53. The fraction of sp³-hybridized carbons (Fsp3) is 0.333. The van der Waals surface area contributed by atoms with Crippen LogP contribution in [-0.2, 0) is 0 Å². The van der Waals surface area contributed by atoms with E-state index in [4.69, 9.17) is 14.2 Å². The van der Waals surface area contributed by atoms with Crippen LogP contribution in [0.5, 0.6) is 17.2 Å². The summed E-state index contributed by atoms with van der Waals surface area (Å²) in [4.78, 5) is 0. The number of hydrogen-bond donors (Lipinski definition) is 1. The van der Waals surface area contributed by atoms with Crippen LogP contribution in [0, 0.1) is 0 Å². The van der Waals surface area contributed by atoms with Crippen LogP contribution in [0.1, 0.15) is 24.9 Å². The summed E-state index contributed by atoms with van der Waals surface area (Å²) in [5, 5.41) is 3.53. The van der Waals surface area contributed by atoms with E-state index in [1.165, 1.54) is 0 Å². The highest BCUT2D eigenvalue weighted by atomic mass is 16.5. The van der Waals surface area contributed by atoms with Crippen molar-refractivity contribution in [3.8, 4) is 17.2 Å². The van der Waals surface area contributed by atoms with Gasteiger partial charge in [0.1, 0.15) is 5.75 Å². The first-order valence-electron chi connectivity index (χ1n) is 7.35. The molecule has 0 amide bonds. The first kappa shape index (κ1) is 16.0. The molecule has 0 bridgehead atoms. The van der Waals surface area contributed by atoms with Crippen LogP contribution < -0.4 is 19.5 Å². The van der Waals surface area contributed by atoms with Gasteiger partial charge in [-0.15, -0.1) is 0 Å². The average Bonchev–Trinajstić information content (AvgIpc) is 2.59. The van der Waals surface area contributed by atoms with E-state index in [2.05, 4.69) is 18.3 Å². The van der Waals surface area contributed by atoms with Gasteiger partial charge >= 0.3 is 0 Å². The number of ether oxygens (including phenoxy) is 3. The van der Waals surface area contributed by atoms with E-state index in [9.17, 15) is 0 Å². The number of nitrogens with one attached hydrogen (secondary N) is 1. The molecule has 0 aliphatic rings. The lowest BCUT2D eigenvalue weighted by atomic mass is 10.0. The van der Waals surface area contributed by atoms with E-state index in [-0.39, 0.29) is 6.04 Å². The number of rotatable bonds is 7. The zero-order valence-corrected chi connectivity index (χ0v) is 13.6. The summed E-state index contributed by atoms with van der Waals surface area (Å²) in [6.45, 7) is 2.14. The molecule has 4 nitrogen and oxygen atoms in total. The second-order valence-corrected chi connectivity index (χ2v) is 4.92. The summed E-state index contributed by atoms with van der Waals surface area (Å²) in [5.41, 5.74) is 2.12. The molecule has 0 spiro atoms. The molecule has 0 fully saturated rings. The van der Waals surface area contributed by atoms with Crippen LogP contribution >= 0.6 is 0 Å². The summed E-state index contributed by atoms with van der Waals surface area (Å²) in [5.74, 6) is 2.37. The Morgan fingerprint density at radius 2 is 1.64 bits per heavy atom. The molecule has 1 N–H and O–H groups in total. The van der Waals surface area contributed by atoms with E-state index in [0.717, 1.165) is 34.9 Å². The predicted octanol–water partition coefficient (Wildman–Crippen LogP) is 4.28. The van der Waals surface area contributed by atoms with E-state index >= 15 is 0 Å². The van der Waals surface area contributed by atoms with E-state index in [1.807, 2.05) is 36.4 Å². The normalized spacial score (nSPS) is 11.6. The van der Waals surface area contributed by atoms with Gasteiger partial charge in [-0.3, -0.25) is 0 Å². The molecule has 0 saturated carbocycles. The van der Waals surface area contributed by atoms with Crippen LogP contribution in [0.3, 0.4) is 0 Å². The topological polar surface area (TPSA) is 39.7 Å². The Bertz CT molecular complexity index is 596. The van der Waals surface area contributed by atoms with Crippen LogP contribution in [0.25, 0.3) is 0 Å². The lowest BCUT2D eigenvalue weighted by Crippen LogP contribution is -2.11. The van der Waals surface area contributed by atoms with Crippen molar-refractivity contribution < 1.29 is 14.2 Å². The number of para-hydroxylation sites is 1. The fourth-order valence-electron chi connectivity index (χ4n) is 2.47. The molecule has 2 rings (SSSR count). The molecular formula is C18H23NO3. The van der Waals surface area contributed by atoms with Gasteiger partial charge in [0.25, 0.3) is 0 Å². The van der Waals surface area contributed by atoms with Gasteiger partial charge in [-0.2, -0.15) is 0 Å². The summed E-state index contributed by atoms with van der Waals surface area (Å²) >= 11 is 0. The van der Waals surface area contributed by atoms with Gasteiger partial charge in [-0.25, -0.2) is 0 Å². The van der Waals surface area contributed by atoms with Gasteiger partial charge in [0, 0.05) is 11.3 Å². The Kier molecular flexibility index (Phi) is 5.53. The SMILES string of the molecule is CCC(Nc1ccc(OC)cc1)c1cccc(OC)c1OC. The zero-order chi connectivity index (χ0) is 15.9. The maximum absolute atomic E-state index is 5.54. The molecular weight excluding hydrogens is 278 g/mol. The lowest BCUT2D eigenvalue weighted by molar-refractivity contribution is 0.350. The minimum atomic E-state index is 0.137. The van der Waals surface area contributed by atoms with Crippen LogP contribution in [-0.4, -0.2) is 21.3 Å². The smallest absolute Gasteiger partial charge is 0.165 e. The van der Waals surface area contributed by atoms with Crippen molar-refractivity contribution in [2.45, 2.75) is 19.4 Å². The summed E-state index contributed by atoms with van der Waals surface area (Å²) in [7, 11) is 4.99. The number of anilines is 1. The fourth-order valence-corrected chi connectivity index (χ4v) is 2.47. The second kappa shape index (κ2) is 7.59. The van der Waals surface area contributed by atoms with Gasteiger partial charge in [-0.1, -0.05) is 19.1 Å². The molecule has 2 aromatic rings. The third-order valence-electron chi connectivity index (χ3n) is 3.65. The van der Waals surface area contributed by atoms with E-state index in [0.29, 0.717) is 0 Å². The molecule has 1 unspecified atom stereocenters. The van der Waals surface area contributed by atoms with E-state index < -0.39 is 0 Å². The van der Waals surface area contributed by atoms with Crippen molar-refractivity contribution in [3.05, 3.63) is 48.0 Å². The summed E-state index contributed by atoms with van der Waals surface area (Å²) in [6.07, 6.45) is 0.926. The van der Waals surface area contributed by atoms with Gasteiger partial charge < -0.3 is 19.5 Å². The zero-order valence-electron chi connectivity index (χ0n) is 13.6. The van der Waals surface area contributed by atoms with Gasteiger partial charge in [0.2, 0.25) is 0 Å². The lowest BCUT2D eigenvalue weighted by Gasteiger charge is -2.22. The highest BCUT2D eigenvalue weighted by Crippen LogP contribution is 2.37. The predicted molar refractivity (Wildman–Crippen MR) is 89.2 cm³/mol. The molecule has 118 valence electrons. The summed E-state index contributed by atoms with van der Waals surface area (Å²) in [6, 6.07) is 14.0. The van der Waals surface area contributed by atoms with Crippen molar-refractivity contribution in [2.24, 2.45) is 0 Å². The molecule has 0 aliphatic carbocycles. The first-order valence-corrected chi connectivity index (χ1v) is 7.35. The summed E-state index contributed by atoms with van der Waals surface area (Å²) < 4.78 is 16.1. The third-order valence-corrected chi connectivity index (χ3v) is 3.65. The Morgan fingerprint density at radius 1 is 0.909 bits per heavy atom. The average molecular weight is 301 g/mol. The molecule has 2 aromatic carbocycles. The van der Waals surface area contributed by atoms with Gasteiger partial charge in [0.15, 0.2) is 11.5 Å². The Morgan fingerprint density at radius 3 is 2.18 bits per heavy atom. The molecule has 0 radical (unpaired) electrons. The maximum atomic E-state index is 5.54. The van der Waals surface area contributed by atoms with Crippen molar-refractivity contribution in [1.82, 2.24) is 0 Å². The molecule has 22 heavy (non-hydrogen) atoms. The molecule has 0 aromatic heterocycles. The largest absolute Gasteiger partial charge is 0.497 e. The second-order valence-electron chi connectivity index (χ2n) is 4.92. The first-order chi connectivity index (χ1) is 10.7. The molecule has 4 heteroatoms. The van der Waals surface area contributed by atoms with Gasteiger partial charge in [0.05, 0.1) is 27.4 Å². The van der Waals surface area contributed by atoms with Crippen LogP contribution in [0.15, 0.2) is 42.5 Å². The standard InChI is InChI=1S/C18H23NO3/c1-5-16(19-13-9-11-14(20-2)12-10-13)15-7-6-8-17(21-3)18(15)22-4/h6-12,16,19H,5H2,1-4H3. The number of hydrogen-bond acceptors (Lipinski definition) is 4. The highest BCUT2D eigenvalue weighted by Gasteiger charge is 2.17. The molecule has 0 heterocycles. The third kappa shape index (κ3) is 3.45. The Labute approximate surface area is 132 Å². The minimum Gasteiger partial charge on any atom is -0.497 e. The maximum Gasteiger partial charge on any atom is 0.165 e. The van der Waals surface area contributed by atoms with Crippen molar-refractivity contribution in [3.63, 3.8) is 0 Å². The van der Waals surface area contributed by atoms with Crippen LogP contribution in [0.2, 0.25) is 0 Å². The Balaban J connectivity index is 2.27. The van der Waals surface area contributed by atoms with Crippen LogP contribution in [0.4, 0.5) is 5.69 Å². The van der Waals surface area contributed by atoms with Crippen molar-refractivity contribution >= 4 is 5.69 Å². The monoisotopic (exact) mass is 301 g/mol. The molecule has 0 aliphatic heterocycles. The van der Waals surface area contributed by atoms with E-state index in [1.54, 1.807) is 21.3 Å². The van der Waals surface area contributed by atoms with Gasteiger partial charge in [-0.05, 0) is 36.8 Å². The van der Waals surface area contributed by atoms with Crippen molar-refractivity contribution in [2.75, 3.05) is 26.6 Å². The quantitative estimate of drug-likeness (QED) is 0.828. The number of methoxy groups -OCH3 is 3. The number of benzene rings is 2. The molecule has 0 saturated heterocycles. The van der Waals surface area contributed by atoms with Crippen molar-refractivity contribution in [1.29, 1.82) is 0 Å².